The van der Waals surface area contributed by atoms with Crippen LogP contribution >= 0.6 is 0 Å². The first kappa shape index (κ1) is 13.3. The SMILES string of the molecule is CN(CC1CCCN1C)CC1(O)CCNCC1. The molecule has 0 bridgehead atoms. The number of likely N-dealkylation sites (N-methyl/N-ethyl adjacent to an activating group) is 2. The van der Waals surface area contributed by atoms with Crippen LogP contribution in [0.1, 0.15) is 25.7 Å². The number of hydrogen-bond acceptors (Lipinski definition) is 4. The number of hydrogen-bond donors (Lipinski definition) is 2. The maximum absolute atomic E-state index is 10.5. The molecule has 0 saturated carbocycles. The largest absolute Gasteiger partial charge is 0.388 e. The van der Waals surface area contributed by atoms with Gasteiger partial charge in [-0.05, 0) is 59.4 Å². The number of aliphatic hydroxyl groups is 1. The first-order valence-corrected chi connectivity index (χ1v) is 6.91. The average Bonchev–Trinajstić information content (AvgIpc) is 2.64. The van der Waals surface area contributed by atoms with Crippen LogP contribution in [-0.2, 0) is 0 Å². The van der Waals surface area contributed by atoms with Gasteiger partial charge < -0.3 is 20.2 Å². The van der Waals surface area contributed by atoms with Gasteiger partial charge in [-0.15, -0.1) is 0 Å². The number of nitrogens with zero attached hydrogens (tertiary/aromatic N) is 2. The summed E-state index contributed by atoms with van der Waals surface area (Å²) in [6, 6.07) is 0.685. The molecule has 0 radical (unpaired) electrons. The lowest BCUT2D eigenvalue weighted by molar-refractivity contribution is -0.0183. The minimum absolute atomic E-state index is 0.461. The quantitative estimate of drug-likeness (QED) is 0.734. The molecular formula is C13H27N3O. The van der Waals surface area contributed by atoms with Gasteiger partial charge >= 0.3 is 0 Å². The van der Waals surface area contributed by atoms with Gasteiger partial charge in [0.05, 0.1) is 5.60 Å². The zero-order valence-corrected chi connectivity index (χ0v) is 11.3. The lowest BCUT2D eigenvalue weighted by Gasteiger charge is -2.37. The van der Waals surface area contributed by atoms with E-state index < -0.39 is 5.60 Å². The second-order valence-corrected chi connectivity index (χ2v) is 5.95. The minimum atomic E-state index is -0.461. The smallest absolute Gasteiger partial charge is 0.0798 e. The lowest BCUT2D eigenvalue weighted by atomic mass is 9.92. The summed E-state index contributed by atoms with van der Waals surface area (Å²) in [5.41, 5.74) is -0.461. The lowest BCUT2D eigenvalue weighted by Crippen LogP contribution is -2.50. The molecule has 1 atom stereocenters. The Morgan fingerprint density at radius 1 is 1.41 bits per heavy atom. The van der Waals surface area contributed by atoms with Crippen LogP contribution < -0.4 is 5.32 Å². The molecule has 100 valence electrons. The van der Waals surface area contributed by atoms with Gasteiger partial charge in [-0.25, -0.2) is 0 Å². The van der Waals surface area contributed by atoms with Crippen molar-refractivity contribution < 1.29 is 5.11 Å². The second kappa shape index (κ2) is 5.65. The summed E-state index contributed by atoms with van der Waals surface area (Å²) in [6.07, 6.45) is 4.40. The fraction of sp³-hybridized carbons (Fsp3) is 1.00. The Balaban J connectivity index is 1.77. The normalized spacial score (nSPS) is 30.0. The van der Waals surface area contributed by atoms with Gasteiger partial charge in [-0.3, -0.25) is 0 Å². The van der Waals surface area contributed by atoms with Crippen LogP contribution in [0.5, 0.6) is 0 Å². The van der Waals surface area contributed by atoms with E-state index >= 15 is 0 Å². The molecule has 2 N–H and O–H groups in total. The molecule has 1 unspecified atom stereocenters. The highest BCUT2D eigenvalue weighted by atomic mass is 16.3. The Morgan fingerprint density at radius 2 is 2.12 bits per heavy atom. The molecule has 2 rings (SSSR count). The van der Waals surface area contributed by atoms with E-state index in [-0.39, 0.29) is 0 Å². The summed E-state index contributed by atoms with van der Waals surface area (Å²) in [5, 5.41) is 13.8. The standard InChI is InChI=1S/C13H27N3O/c1-15(10-12-4-3-9-16(12)2)11-13(17)5-7-14-8-6-13/h12,14,17H,3-11H2,1-2H3. The van der Waals surface area contributed by atoms with Crippen molar-refractivity contribution in [2.75, 3.05) is 46.8 Å². The third-order valence-corrected chi connectivity index (χ3v) is 4.29. The predicted molar refractivity (Wildman–Crippen MR) is 70.2 cm³/mol. The van der Waals surface area contributed by atoms with Crippen LogP contribution in [0.4, 0.5) is 0 Å². The summed E-state index contributed by atoms with van der Waals surface area (Å²) < 4.78 is 0. The second-order valence-electron chi connectivity index (χ2n) is 5.95. The van der Waals surface area contributed by atoms with E-state index in [1.165, 1.54) is 19.4 Å². The third-order valence-electron chi connectivity index (χ3n) is 4.29. The Bertz CT molecular complexity index is 241. The molecule has 2 saturated heterocycles. The van der Waals surface area contributed by atoms with Gasteiger partial charge in [-0.1, -0.05) is 0 Å². The summed E-state index contributed by atoms with van der Waals surface area (Å²) in [5.74, 6) is 0. The fourth-order valence-corrected chi connectivity index (χ4v) is 3.19. The number of rotatable bonds is 4. The molecule has 0 aromatic heterocycles. The van der Waals surface area contributed by atoms with Crippen LogP contribution in [0.15, 0.2) is 0 Å². The van der Waals surface area contributed by atoms with E-state index in [1.54, 1.807) is 0 Å². The molecule has 0 aromatic carbocycles. The van der Waals surface area contributed by atoms with Crippen LogP contribution in [0, 0.1) is 0 Å². The van der Waals surface area contributed by atoms with Gasteiger partial charge in [0.1, 0.15) is 0 Å². The molecule has 4 heteroatoms. The van der Waals surface area contributed by atoms with Crippen molar-refractivity contribution >= 4 is 0 Å². The molecular weight excluding hydrogens is 214 g/mol. The van der Waals surface area contributed by atoms with E-state index in [4.69, 9.17) is 0 Å². The molecule has 0 aromatic rings. The zero-order valence-electron chi connectivity index (χ0n) is 11.3. The van der Waals surface area contributed by atoms with E-state index in [1.807, 2.05) is 0 Å². The fourth-order valence-electron chi connectivity index (χ4n) is 3.19. The van der Waals surface area contributed by atoms with Gasteiger partial charge in [0, 0.05) is 19.1 Å². The zero-order chi connectivity index (χ0) is 12.3. The van der Waals surface area contributed by atoms with Crippen molar-refractivity contribution in [1.29, 1.82) is 0 Å². The van der Waals surface area contributed by atoms with Crippen molar-refractivity contribution in [3.05, 3.63) is 0 Å². The molecule has 0 amide bonds. The van der Waals surface area contributed by atoms with Crippen LogP contribution in [0.25, 0.3) is 0 Å². The van der Waals surface area contributed by atoms with Crippen LogP contribution in [0.3, 0.4) is 0 Å². The van der Waals surface area contributed by atoms with E-state index in [0.29, 0.717) is 6.04 Å². The number of nitrogens with one attached hydrogen (secondary N) is 1. The van der Waals surface area contributed by atoms with Crippen molar-refractivity contribution in [3.63, 3.8) is 0 Å². The Hall–Kier alpha value is -0.160. The van der Waals surface area contributed by atoms with Gasteiger partial charge in [0.25, 0.3) is 0 Å². The highest BCUT2D eigenvalue weighted by molar-refractivity contribution is 4.88. The molecule has 4 nitrogen and oxygen atoms in total. The van der Waals surface area contributed by atoms with Gasteiger partial charge in [-0.2, -0.15) is 0 Å². The van der Waals surface area contributed by atoms with Gasteiger partial charge in [0.15, 0.2) is 0 Å². The maximum Gasteiger partial charge on any atom is 0.0798 e. The van der Waals surface area contributed by atoms with Crippen LogP contribution in [-0.4, -0.2) is 73.4 Å². The van der Waals surface area contributed by atoms with Crippen molar-refractivity contribution in [2.24, 2.45) is 0 Å². The molecule has 0 spiro atoms. The molecule has 2 aliphatic rings. The highest BCUT2D eigenvalue weighted by Gasteiger charge is 2.31. The monoisotopic (exact) mass is 241 g/mol. The molecule has 17 heavy (non-hydrogen) atoms. The molecule has 2 heterocycles. The first-order chi connectivity index (χ1) is 8.09. The average molecular weight is 241 g/mol. The number of piperidine rings is 1. The number of likely N-dealkylation sites (tertiary alicyclic amines) is 1. The summed E-state index contributed by atoms with van der Waals surface area (Å²) in [4.78, 5) is 4.76. The van der Waals surface area contributed by atoms with Crippen molar-refractivity contribution in [1.82, 2.24) is 15.1 Å². The molecule has 2 aliphatic heterocycles. The van der Waals surface area contributed by atoms with Crippen LogP contribution in [0.2, 0.25) is 0 Å². The molecule has 2 fully saturated rings. The topological polar surface area (TPSA) is 38.7 Å². The van der Waals surface area contributed by atoms with Crippen molar-refractivity contribution in [3.8, 4) is 0 Å². The summed E-state index contributed by atoms with van der Waals surface area (Å²) >= 11 is 0. The van der Waals surface area contributed by atoms with Gasteiger partial charge in [0.2, 0.25) is 0 Å². The molecule has 0 aliphatic carbocycles. The first-order valence-electron chi connectivity index (χ1n) is 6.91. The summed E-state index contributed by atoms with van der Waals surface area (Å²) in [6.45, 7) is 5.04. The highest BCUT2D eigenvalue weighted by Crippen LogP contribution is 2.21. The third kappa shape index (κ3) is 3.65. The minimum Gasteiger partial charge on any atom is -0.388 e. The van der Waals surface area contributed by atoms with E-state index in [2.05, 4.69) is 29.2 Å². The van der Waals surface area contributed by atoms with E-state index in [9.17, 15) is 5.11 Å². The Kier molecular flexibility index (Phi) is 4.42. The Morgan fingerprint density at radius 3 is 2.71 bits per heavy atom. The maximum atomic E-state index is 10.5. The predicted octanol–water partition coefficient (Wildman–Crippen LogP) is 0.127. The van der Waals surface area contributed by atoms with E-state index in [0.717, 1.165) is 39.0 Å². The Labute approximate surface area is 105 Å². The van der Waals surface area contributed by atoms with Crippen molar-refractivity contribution in [2.45, 2.75) is 37.3 Å². The summed E-state index contributed by atoms with van der Waals surface area (Å²) in [7, 11) is 4.36.